The molecule has 1 aliphatic heterocycles. The van der Waals surface area contributed by atoms with Crippen molar-refractivity contribution in [1.82, 2.24) is 4.90 Å². The van der Waals surface area contributed by atoms with Gasteiger partial charge in [-0.2, -0.15) is 0 Å². The van der Waals surface area contributed by atoms with Crippen molar-refractivity contribution in [3.8, 4) is 11.5 Å². The van der Waals surface area contributed by atoms with Crippen molar-refractivity contribution in [2.75, 3.05) is 19.8 Å². The Bertz CT molecular complexity index is 748. The van der Waals surface area contributed by atoms with Crippen LogP contribution in [-0.2, 0) is 11.3 Å². The van der Waals surface area contributed by atoms with E-state index >= 15 is 0 Å². The number of likely N-dealkylation sites (N-methyl/N-ethyl adjacent to an activating group) is 1. The fourth-order valence-electron chi connectivity index (χ4n) is 2.55. The zero-order chi connectivity index (χ0) is 16.9. The smallest absolute Gasteiger partial charge is 0.246 e. The molecular weight excluding hydrogens is 306 g/mol. The standard InChI is InChI=1S/C19H21NO4/c1-3-20(19(21)9-7-16-6-4-14(2)24-16)13-15-5-8-17-18(12-15)23-11-10-22-17/h4-9,12H,3,10-11,13H2,1-2H3/b9-7+. The SMILES string of the molecule is CCN(Cc1ccc2c(c1)OCCO2)C(=O)/C=C/c1ccc(C)o1. The van der Waals surface area contributed by atoms with Gasteiger partial charge < -0.3 is 18.8 Å². The highest BCUT2D eigenvalue weighted by atomic mass is 16.6. The molecule has 1 aromatic carbocycles. The van der Waals surface area contributed by atoms with Gasteiger partial charge in [-0.1, -0.05) is 6.07 Å². The van der Waals surface area contributed by atoms with Crippen LogP contribution >= 0.6 is 0 Å². The monoisotopic (exact) mass is 327 g/mol. The lowest BCUT2D eigenvalue weighted by Gasteiger charge is -2.22. The number of carbonyl (C=O) groups excluding carboxylic acids is 1. The van der Waals surface area contributed by atoms with Crippen LogP contribution in [-0.4, -0.2) is 30.6 Å². The summed E-state index contributed by atoms with van der Waals surface area (Å²) in [7, 11) is 0. The maximum Gasteiger partial charge on any atom is 0.246 e. The molecule has 3 rings (SSSR count). The fourth-order valence-corrected chi connectivity index (χ4v) is 2.55. The summed E-state index contributed by atoms with van der Waals surface area (Å²) >= 11 is 0. The highest BCUT2D eigenvalue weighted by Gasteiger charge is 2.14. The minimum absolute atomic E-state index is 0.0542. The van der Waals surface area contributed by atoms with Gasteiger partial charge in [0.1, 0.15) is 24.7 Å². The average Bonchev–Trinajstić information content (AvgIpc) is 3.02. The minimum atomic E-state index is -0.0542. The van der Waals surface area contributed by atoms with Gasteiger partial charge >= 0.3 is 0 Å². The molecule has 2 aromatic rings. The fraction of sp³-hybridized carbons (Fsp3) is 0.316. The van der Waals surface area contributed by atoms with E-state index in [1.165, 1.54) is 0 Å². The molecule has 0 aliphatic carbocycles. The van der Waals surface area contributed by atoms with E-state index < -0.39 is 0 Å². The Labute approximate surface area is 141 Å². The van der Waals surface area contributed by atoms with Gasteiger partial charge in [-0.25, -0.2) is 0 Å². The number of benzene rings is 1. The summed E-state index contributed by atoms with van der Waals surface area (Å²) in [6.07, 6.45) is 3.24. The molecular formula is C19H21NO4. The number of furan rings is 1. The summed E-state index contributed by atoms with van der Waals surface area (Å²) < 4.78 is 16.6. The van der Waals surface area contributed by atoms with E-state index in [1.54, 1.807) is 17.1 Å². The number of fused-ring (bicyclic) bond motifs is 1. The number of carbonyl (C=O) groups is 1. The summed E-state index contributed by atoms with van der Waals surface area (Å²) in [5.74, 6) is 2.94. The van der Waals surface area contributed by atoms with Crippen molar-refractivity contribution in [1.29, 1.82) is 0 Å². The van der Waals surface area contributed by atoms with Crippen LogP contribution < -0.4 is 9.47 Å². The minimum Gasteiger partial charge on any atom is -0.486 e. The molecule has 0 saturated heterocycles. The summed E-state index contributed by atoms with van der Waals surface area (Å²) in [6, 6.07) is 9.50. The van der Waals surface area contributed by atoms with Crippen molar-refractivity contribution in [3.63, 3.8) is 0 Å². The van der Waals surface area contributed by atoms with Crippen LogP contribution in [0.1, 0.15) is 24.0 Å². The highest BCUT2D eigenvalue weighted by molar-refractivity contribution is 5.91. The first-order valence-corrected chi connectivity index (χ1v) is 8.07. The Kier molecular flexibility index (Phi) is 4.89. The predicted octanol–water partition coefficient (Wildman–Crippen LogP) is 3.42. The van der Waals surface area contributed by atoms with E-state index in [0.29, 0.717) is 32.1 Å². The van der Waals surface area contributed by atoms with Crippen LogP contribution in [0.25, 0.3) is 6.08 Å². The molecule has 1 amide bonds. The Morgan fingerprint density at radius 1 is 1.17 bits per heavy atom. The summed E-state index contributed by atoms with van der Waals surface area (Å²) in [5.41, 5.74) is 1.01. The molecule has 0 unspecified atom stereocenters. The topological polar surface area (TPSA) is 51.9 Å². The van der Waals surface area contributed by atoms with E-state index in [9.17, 15) is 4.79 Å². The molecule has 126 valence electrons. The molecule has 0 bridgehead atoms. The Morgan fingerprint density at radius 3 is 2.67 bits per heavy atom. The Morgan fingerprint density at radius 2 is 1.96 bits per heavy atom. The van der Waals surface area contributed by atoms with Gasteiger partial charge in [0.2, 0.25) is 5.91 Å². The average molecular weight is 327 g/mol. The summed E-state index contributed by atoms with van der Waals surface area (Å²) in [4.78, 5) is 14.2. The first-order valence-electron chi connectivity index (χ1n) is 8.07. The lowest BCUT2D eigenvalue weighted by atomic mass is 10.1. The van der Waals surface area contributed by atoms with Crippen LogP contribution in [0.15, 0.2) is 40.8 Å². The number of ether oxygens (including phenoxy) is 2. The Balaban J connectivity index is 1.67. The molecule has 24 heavy (non-hydrogen) atoms. The van der Waals surface area contributed by atoms with Crippen molar-refractivity contribution >= 4 is 12.0 Å². The number of aryl methyl sites for hydroxylation is 1. The highest BCUT2D eigenvalue weighted by Crippen LogP contribution is 2.31. The molecule has 0 N–H and O–H groups in total. The van der Waals surface area contributed by atoms with Crippen LogP contribution in [0, 0.1) is 6.92 Å². The van der Waals surface area contributed by atoms with Crippen molar-refractivity contribution in [2.24, 2.45) is 0 Å². The predicted molar refractivity (Wildman–Crippen MR) is 91.0 cm³/mol. The molecule has 5 heteroatoms. The third-order valence-corrected chi connectivity index (χ3v) is 3.82. The maximum atomic E-state index is 12.4. The van der Waals surface area contributed by atoms with E-state index in [2.05, 4.69) is 0 Å². The molecule has 1 aliphatic rings. The lowest BCUT2D eigenvalue weighted by Crippen LogP contribution is -2.28. The third kappa shape index (κ3) is 3.79. The third-order valence-electron chi connectivity index (χ3n) is 3.82. The van der Waals surface area contributed by atoms with Gasteiger partial charge in [-0.05, 0) is 49.8 Å². The zero-order valence-corrected chi connectivity index (χ0v) is 14.0. The van der Waals surface area contributed by atoms with E-state index in [0.717, 1.165) is 22.8 Å². The van der Waals surface area contributed by atoms with Crippen molar-refractivity contribution in [3.05, 3.63) is 53.5 Å². The first kappa shape index (κ1) is 16.2. The number of amides is 1. The largest absolute Gasteiger partial charge is 0.486 e. The van der Waals surface area contributed by atoms with Crippen molar-refractivity contribution < 1.29 is 18.7 Å². The molecule has 0 spiro atoms. The van der Waals surface area contributed by atoms with Gasteiger partial charge in [0.05, 0.1) is 0 Å². The van der Waals surface area contributed by atoms with Gasteiger partial charge in [0.15, 0.2) is 11.5 Å². The normalized spacial score (nSPS) is 13.2. The first-order chi connectivity index (χ1) is 11.7. The molecule has 0 saturated carbocycles. The van der Waals surface area contributed by atoms with Crippen LogP contribution in [0.5, 0.6) is 11.5 Å². The van der Waals surface area contributed by atoms with E-state index in [4.69, 9.17) is 13.9 Å². The molecule has 0 atom stereocenters. The summed E-state index contributed by atoms with van der Waals surface area (Å²) in [6.45, 7) is 6.10. The Hall–Kier alpha value is -2.69. The van der Waals surface area contributed by atoms with E-state index in [-0.39, 0.29) is 5.91 Å². The molecule has 0 fully saturated rings. The maximum absolute atomic E-state index is 12.4. The zero-order valence-electron chi connectivity index (χ0n) is 14.0. The van der Waals surface area contributed by atoms with Gasteiger partial charge in [0, 0.05) is 19.2 Å². The second-order valence-corrected chi connectivity index (χ2v) is 5.61. The summed E-state index contributed by atoms with van der Waals surface area (Å²) in [5, 5.41) is 0. The van der Waals surface area contributed by atoms with Crippen LogP contribution in [0.4, 0.5) is 0 Å². The lowest BCUT2D eigenvalue weighted by molar-refractivity contribution is -0.126. The molecule has 1 aromatic heterocycles. The number of rotatable bonds is 5. The number of hydrogen-bond acceptors (Lipinski definition) is 4. The second-order valence-electron chi connectivity index (χ2n) is 5.61. The number of nitrogens with zero attached hydrogens (tertiary/aromatic N) is 1. The second kappa shape index (κ2) is 7.25. The quantitative estimate of drug-likeness (QED) is 0.790. The van der Waals surface area contributed by atoms with Gasteiger partial charge in [-0.3, -0.25) is 4.79 Å². The molecule has 0 radical (unpaired) electrons. The molecule has 5 nitrogen and oxygen atoms in total. The van der Waals surface area contributed by atoms with Gasteiger partial charge in [-0.15, -0.1) is 0 Å². The van der Waals surface area contributed by atoms with Crippen LogP contribution in [0.3, 0.4) is 0 Å². The molecule has 2 heterocycles. The van der Waals surface area contributed by atoms with Crippen molar-refractivity contribution in [2.45, 2.75) is 20.4 Å². The van der Waals surface area contributed by atoms with E-state index in [1.807, 2.05) is 44.2 Å². The van der Waals surface area contributed by atoms with Crippen LogP contribution in [0.2, 0.25) is 0 Å². The van der Waals surface area contributed by atoms with Gasteiger partial charge in [0.25, 0.3) is 0 Å². The number of hydrogen-bond donors (Lipinski definition) is 0.